The zero-order valence-electron chi connectivity index (χ0n) is 10.3. The van der Waals surface area contributed by atoms with Gasteiger partial charge in [0.1, 0.15) is 0 Å². The average Bonchev–Trinajstić information content (AvgIpc) is 3.07. The molecule has 0 bridgehead atoms. The van der Waals surface area contributed by atoms with Crippen LogP contribution in [0.5, 0.6) is 0 Å². The van der Waals surface area contributed by atoms with Gasteiger partial charge in [-0.3, -0.25) is 9.59 Å². The van der Waals surface area contributed by atoms with E-state index in [1.165, 1.54) is 4.52 Å². The van der Waals surface area contributed by atoms with Gasteiger partial charge in [-0.25, -0.2) is 4.52 Å². The van der Waals surface area contributed by atoms with Crippen LogP contribution in [-0.2, 0) is 12.8 Å². The summed E-state index contributed by atoms with van der Waals surface area (Å²) in [5.74, 6) is 0. The lowest BCUT2D eigenvalue weighted by Gasteiger charge is -2.02. The van der Waals surface area contributed by atoms with Crippen LogP contribution in [-0.4, -0.2) is 9.03 Å². The van der Waals surface area contributed by atoms with Crippen molar-refractivity contribution in [3.05, 3.63) is 68.4 Å². The first-order valence-corrected chi connectivity index (χ1v) is 6.45. The van der Waals surface area contributed by atoms with Gasteiger partial charge in [0.2, 0.25) is 0 Å². The molecule has 94 valence electrons. The summed E-state index contributed by atoms with van der Waals surface area (Å²) < 4.78 is 3.08. The molecule has 4 rings (SSSR count). The van der Waals surface area contributed by atoms with Crippen molar-refractivity contribution in [1.29, 1.82) is 0 Å². The van der Waals surface area contributed by atoms with Crippen LogP contribution in [0.15, 0.2) is 46.0 Å². The van der Waals surface area contributed by atoms with Gasteiger partial charge in [-0.2, -0.15) is 4.52 Å². The summed E-state index contributed by atoms with van der Waals surface area (Å²) in [5, 5.41) is 0. The van der Waals surface area contributed by atoms with Gasteiger partial charge in [-0.1, -0.05) is 30.3 Å². The average molecular weight is 252 g/mol. The number of aryl methyl sites for hydroxylation is 1. The number of nitrogens with zero attached hydrogens (tertiary/aromatic N) is 2. The molecule has 0 atom stereocenters. The Morgan fingerprint density at radius 1 is 0.947 bits per heavy atom. The van der Waals surface area contributed by atoms with E-state index in [1.807, 2.05) is 34.8 Å². The fourth-order valence-electron chi connectivity index (χ4n) is 3.04. The second kappa shape index (κ2) is 3.57. The van der Waals surface area contributed by atoms with Crippen molar-refractivity contribution >= 4 is 0 Å². The second-order valence-electron chi connectivity index (χ2n) is 4.94. The molecule has 19 heavy (non-hydrogen) atoms. The summed E-state index contributed by atoms with van der Waals surface area (Å²) >= 11 is 0. The maximum Gasteiger partial charge on any atom is 0.277 e. The van der Waals surface area contributed by atoms with Crippen molar-refractivity contribution in [3.8, 4) is 11.3 Å². The molecule has 0 fully saturated rings. The first-order chi connectivity index (χ1) is 9.27. The van der Waals surface area contributed by atoms with E-state index >= 15 is 0 Å². The normalized spacial score (nSPS) is 14.1. The van der Waals surface area contributed by atoms with E-state index in [9.17, 15) is 9.59 Å². The highest BCUT2D eigenvalue weighted by atomic mass is 16.2. The van der Waals surface area contributed by atoms with E-state index in [-0.39, 0.29) is 11.1 Å². The Hall–Kier alpha value is -2.36. The van der Waals surface area contributed by atoms with Gasteiger partial charge in [-0.15, -0.1) is 0 Å². The van der Waals surface area contributed by atoms with E-state index in [0.717, 1.165) is 41.8 Å². The lowest BCUT2D eigenvalue weighted by atomic mass is 10.1. The number of rotatable bonds is 1. The Balaban J connectivity index is 2.17. The molecule has 3 aromatic rings. The van der Waals surface area contributed by atoms with E-state index in [1.54, 1.807) is 6.07 Å². The van der Waals surface area contributed by atoms with Crippen LogP contribution in [0.4, 0.5) is 0 Å². The molecule has 4 heteroatoms. The molecule has 1 aromatic carbocycles. The number of hydrogen-bond donors (Lipinski definition) is 0. The van der Waals surface area contributed by atoms with Crippen molar-refractivity contribution in [2.45, 2.75) is 19.3 Å². The summed E-state index contributed by atoms with van der Waals surface area (Å²) in [4.78, 5) is 24.3. The Kier molecular flexibility index (Phi) is 1.98. The summed E-state index contributed by atoms with van der Waals surface area (Å²) in [6.07, 6.45) is 2.66. The number of benzene rings is 1. The molecule has 0 aliphatic heterocycles. The van der Waals surface area contributed by atoms with Crippen LogP contribution in [0.3, 0.4) is 0 Å². The highest BCUT2D eigenvalue weighted by Crippen LogP contribution is 2.24. The highest BCUT2D eigenvalue weighted by molar-refractivity contribution is 5.60. The van der Waals surface area contributed by atoms with E-state index in [2.05, 4.69) is 0 Å². The molecule has 4 nitrogen and oxygen atoms in total. The molecule has 0 spiro atoms. The van der Waals surface area contributed by atoms with Crippen LogP contribution in [0, 0.1) is 0 Å². The molecule has 1 aliphatic carbocycles. The summed E-state index contributed by atoms with van der Waals surface area (Å²) in [7, 11) is 0. The third-order valence-corrected chi connectivity index (χ3v) is 3.86. The van der Waals surface area contributed by atoms with Gasteiger partial charge >= 0.3 is 0 Å². The maximum atomic E-state index is 12.2. The third-order valence-electron chi connectivity index (χ3n) is 3.86. The molecule has 0 saturated heterocycles. The van der Waals surface area contributed by atoms with Gasteiger partial charge in [-0.05, 0) is 19.3 Å². The van der Waals surface area contributed by atoms with Gasteiger partial charge in [0, 0.05) is 17.2 Å². The number of aromatic nitrogens is 2. The maximum absolute atomic E-state index is 12.2. The van der Waals surface area contributed by atoms with Crippen molar-refractivity contribution in [1.82, 2.24) is 9.03 Å². The van der Waals surface area contributed by atoms with E-state index in [0.29, 0.717) is 0 Å². The topological polar surface area (TPSA) is 43.0 Å². The minimum absolute atomic E-state index is 0.139. The van der Waals surface area contributed by atoms with Gasteiger partial charge in [0.25, 0.3) is 11.1 Å². The Bertz CT molecular complexity index is 875. The quantitative estimate of drug-likeness (QED) is 0.656. The lowest BCUT2D eigenvalue weighted by Crippen LogP contribution is -2.22. The van der Waals surface area contributed by atoms with Crippen LogP contribution >= 0.6 is 0 Å². The Morgan fingerprint density at radius 3 is 2.53 bits per heavy atom. The van der Waals surface area contributed by atoms with Gasteiger partial charge in [0.05, 0.1) is 11.4 Å². The fraction of sp³-hybridized carbons (Fsp3) is 0.200. The number of fused-ring (bicyclic) bond motifs is 3. The largest absolute Gasteiger partial charge is 0.277 e. The molecule has 0 N–H and O–H groups in total. The van der Waals surface area contributed by atoms with Crippen LogP contribution in [0.1, 0.15) is 17.7 Å². The predicted octanol–water partition coefficient (Wildman–Crippen LogP) is 1.35. The highest BCUT2D eigenvalue weighted by Gasteiger charge is 2.25. The standard InChI is InChI=1S/C15H12N2O2/c18-14-9-13(10-5-2-1-3-6-10)16-12-8-4-7-11(12)15(19)17(14)16/h1-3,5-6,9H,4,7-8H2. The number of hydrogen-bond acceptors (Lipinski definition) is 2. The summed E-state index contributed by atoms with van der Waals surface area (Å²) in [5.41, 5.74) is 3.22. The lowest BCUT2D eigenvalue weighted by molar-refractivity contribution is 0.746. The predicted molar refractivity (Wildman–Crippen MR) is 72.0 cm³/mol. The second-order valence-corrected chi connectivity index (χ2v) is 4.94. The molecule has 0 unspecified atom stereocenters. The zero-order chi connectivity index (χ0) is 13.0. The SMILES string of the molecule is O=c1cc(-c2ccccc2)n2c3c(c(=O)n12)CCC3. The van der Waals surface area contributed by atoms with Crippen molar-refractivity contribution in [2.75, 3.05) is 0 Å². The van der Waals surface area contributed by atoms with Crippen LogP contribution < -0.4 is 11.1 Å². The molecular weight excluding hydrogens is 240 g/mol. The molecule has 0 saturated carbocycles. The van der Waals surface area contributed by atoms with Crippen molar-refractivity contribution < 1.29 is 0 Å². The first kappa shape index (κ1) is 10.6. The van der Waals surface area contributed by atoms with Crippen molar-refractivity contribution in [3.63, 3.8) is 0 Å². The molecule has 2 aromatic heterocycles. The minimum atomic E-state index is -0.238. The van der Waals surface area contributed by atoms with Crippen LogP contribution in [0.2, 0.25) is 0 Å². The first-order valence-electron chi connectivity index (χ1n) is 6.45. The Labute approximate surface area is 108 Å². The van der Waals surface area contributed by atoms with Gasteiger partial charge in [0.15, 0.2) is 0 Å². The zero-order valence-corrected chi connectivity index (χ0v) is 10.3. The monoisotopic (exact) mass is 252 g/mol. The fourth-order valence-corrected chi connectivity index (χ4v) is 3.04. The van der Waals surface area contributed by atoms with Gasteiger partial charge < -0.3 is 0 Å². The third kappa shape index (κ3) is 1.28. The summed E-state index contributed by atoms with van der Waals surface area (Å²) in [6, 6.07) is 11.3. The summed E-state index contributed by atoms with van der Waals surface area (Å²) in [6.45, 7) is 0. The molecule has 0 radical (unpaired) electrons. The van der Waals surface area contributed by atoms with E-state index in [4.69, 9.17) is 0 Å². The molecule has 1 aliphatic rings. The molecular formula is C15H12N2O2. The molecule has 2 heterocycles. The Morgan fingerprint density at radius 2 is 1.74 bits per heavy atom. The smallest absolute Gasteiger partial charge is 0.267 e. The van der Waals surface area contributed by atoms with Crippen LogP contribution in [0.25, 0.3) is 11.3 Å². The van der Waals surface area contributed by atoms with Crippen molar-refractivity contribution in [2.24, 2.45) is 0 Å². The minimum Gasteiger partial charge on any atom is -0.267 e. The molecule has 0 amide bonds. The van der Waals surface area contributed by atoms with E-state index < -0.39 is 0 Å².